The van der Waals surface area contributed by atoms with Gasteiger partial charge in [0.15, 0.2) is 6.61 Å². The topological polar surface area (TPSA) is 55.4 Å². The molecular formula is C20H21F2NO3S. The van der Waals surface area contributed by atoms with Crippen molar-refractivity contribution in [3.8, 4) is 0 Å². The highest BCUT2D eigenvalue weighted by Gasteiger charge is 2.15. The molecule has 1 amide bonds. The lowest BCUT2D eigenvalue weighted by molar-refractivity contribution is -0.146. The molecule has 0 aliphatic rings. The molecule has 0 bridgehead atoms. The molecule has 1 atom stereocenters. The van der Waals surface area contributed by atoms with Gasteiger partial charge in [0, 0.05) is 4.90 Å². The van der Waals surface area contributed by atoms with E-state index in [-0.39, 0.29) is 16.7 Å². The van der Waals surface area contributed by atoms with Gasteiger partial charge in [0.05, 0.1) is 11.8 Å². The van der Waals surface area contributed by atoms with Gasteiger partial charge in [-0.2, -0.15) is 0 Å². The van der Waals surface area contributed by atoms with Crippen LogP contribution in [0.4, 0.5) is 8.78 Å². The minimum absolute atomic E-state index is 0.0171. The Balaban J connectivity index is 1.80. The predicted octanol–water partition coefficient (Wildman–Crippen LogP) is 4.26. The number of benzene rings is 2. The zero-order valence-corrected chi connectivity index (χ0v) is 15.7. The number of carbonyl (C=O) groups excluding carboxylic acids is 2. The summed E-state index contributed by atoms with van der Waals surface area (Å²) in [5, 5.41) is 2.85. The zero-order valence-electron chi connectivity index (χ0n) is 14.9. The number of halogens is 2. The van der Waals surface area contributed by atoms with E-state index in [4.69, 9.17) is 4.74 Å². The van der Waals surface area contributed by atoms with Gasteiger partial charge in [0.1, 0.15) is 11.6 Å². The number of rotatable bonds is 9. The van der Waals surface area contributed by atoms with E-state index in [9.17, 15) is 18.4 Å². The molecule has 2 aromatic carbocycles. The molecule has 4 nitrogen and oxygen atoms in total. The monoisotopic (exact) mass is 393 g/mol. The fourth-order valence-corrected chi connectivity index (χ4v) is 3.20. The number of carbonyl (C=O) groups is 2. The first-order valence-electron chi connectivity index (χ1n) is 8.57. The van der Waals surface area contributed by atoms with E-state index in [1.165, 1.54) is 0 Å². The number of hydrogen-bond acceptors (Lipinski definition) is 4. The van der Waals surface area contributed by atoms with E-state index in [2.05, 4.69) is 5.32 Å². The maximum atomic E-state index is 13.5. The molecular weight excluding hydrogens is 372 g/mol. The SMILES string of the molecule is CCC[C@H](NC(=O)COC(=O)CSc1cc(F)ccc1F)c1ccccc1. The maximum absolute atomic E-state index is 13.5. The van der Waals surface area contributed by atoms with Crippen LogP contribution in [0.5, 0.6) is 0 Å². The van der Waals surface area contributed by atoms with Crippen molar-refractivity contribution in [1.29, 1.82) is 0 Å². The summed E-state index contributed by atoms with van der Waals surface area (Å²) < 4.78 is 31.5. The molecule has 27 heavy (non-hydrogen) atoms. The Labute approximate surface area is 161 Å². The van der Waals surface area contributed by atoms with Gasteiger partial charge in [0.25, 0.3) is 5.91 Å². The quantitative estimate of drug-likeness (QED) is 0.511. The van der Waals surface area contributed by atoms with Crippen LogP contribution in [0.25, 0.3) is 0 Å². The molecule has 0 saturated carbocycles. The first kappa shape index (κ1) is 20.9. The highest BCUT2D eigenvalue weighted by molar-refractivity contribution is 8.00. The molecule has 1 N–H and O–H groups in total. The van der Waals surface area contributed by atoms with Gasteiger partial charge in [-0.1, -0.05) is 43.7 Å². The van der Waals surface area contributed by atoms with Gasteiger partial charge in [-0.15, -0.1) is 11.8 Å². The second kappa shape index (κ2) is 10.7. The lowest BCUT2D eigenvalue weighted by atomic mass is 10.0. The van der Waals surface area contributed by atoms with Crippen molar-refractivity contribution in [1.82, 2.24) is 5.32 Å². The van der Waals surface area contributed by atoms with Crippen LogP contribution in [0.3, 0.4) is 0 Å². The van der Waals surface area contributed by atoms with E-state index < -0.39 is 30.1 Å². The third-order valence-corrected chi connectivity index (χ3v) is 4.72. The van der Waals surface area contributed by atoms with Crippen LogP contribution in [-0.2, 0) is 14.3 Å². The van der Waals surface area contributed by atoms with E-state index in [1.807, 2.05) is 37.3 Å². The van der Waals surface area contributed by atoms with Crippen LogP contribution in [-0.4, -0.2) is 24.2 Å². The number of thioether (sulfide) groups is 1. The second-order valence-corrected chi connectivity index (χ2v) is 6.86. The molecule has 0 saturated heterocycles. The summed E-state index contributed by atoms with van der Waals surface area (Å²) >= 11 is 0.819. The number of esters is 1. The highest BCUT2D eigenvalue weighted by Crippen LogP contribution is 2.22. The van der Waals surface area contributed by atoms with Gasteiger partial charge in [-0.25, -0.2) is 8.78 Å². The van der Waals surface area contributed by atoms with Crippen LogP contribution >= 0.6 is 11.8 Å². The normalized spacial score (nSPS) is 11.7. The standard InChI is InChI=1S/C20H21F2NO3S/c1-2-6-17(14-7-4-3-5-8-14)23-19(24)12-26-20(25)13-27-18-11-15(21)9-10-16(18)22/h3-5,7-11,17H,2,6,12-13H2,1H3,(H,23,24)/t17-/m0/s1. The predicted molar refractivity (Wildman–Crippen MR) is 100 cm³/mol. The van der Waals surface area contributed by atoms with Crippen molar-refractivity contribution in [3.63, 3.8) is 0 Å². The Morgan fingerprint density at radius 3 is 2.59 bits per heavy atom. The Hall–Kier alpha value is -2.41. The van der Waals surface area contributed by atoms with Gasteiger partial charge in [-0.3, -0.25) is 9.59 Å². The molecule has 7 heteroatoms. The Bertz CT molecular complexity index is 771. The lowest BCUT2D eigenvalue weighted by Crippen LogP contribution is -2.32. The summed E-state index contributed by atoms with van der Waals surface area (Å²) in [5.41, 5.74) is 0.983. The van der Waals surface area contributed by atoms with Gasteiger partial charge >= 0.3 is 5.97 Å². The van der Waals surface area contributed by atoms with Crippen molar-refractivity contribution in [2.45, 2.75) is 30.7 Å². The largest absolute Gasteiger partial charge is 0.455 e. The first-order valence-corrected chi connectivity index (χ1v) is 9.56. The summed E-state index contributed by atoms with van der Waals surface area (Å²) in [6.07, 6.45) is 1.65. The van der Waals surface area contributed by atoms with E-state index in [0.29, 0.717) is 0 Å². The maximum Gasteiger partial charge on any atom is 0.316 e. The third-order valence-electron chi connectivity index (χ3n) is 3.72. The molecule has 0 unspecified atom stereocenters. The minimum atomic E-state index is -0.675. The number of ether oxygens (including phenoxy) is 1. The summed E-state index contributed by atoms with van der Waals surface area (Å²) in [6.45, 7) is 1.60. The minimum Gasteiger partial charge on any atom is -0.455 e. The molecule has 0 spiro atoms. The summed E-state index contributed by atoms with van der Waals surface area (Å²) in [5.74, 6) is -2.50. The number of nitrogens with one attached hydrogen (secondary N) is 1. The summed E-state index contributed by atoms with van der Waals surface area (Å²) in [7, 11) is 0. The molecule has 0 fully saturated rings. The molecule has 0 radical (unpaired) electrons. The molecule has 2 aromatic rings. The summed E-state index contributed by atoms with van der Waals surface area (Å²) in [4.78, 5) is 23.9. The number of hydrogen-bond donors (Lipinski definition) is 1. The Kier molecular flexibility index (Phi) is 8.26. The van der Waals surface area contributed by atoms with Crippen molar-refractivity contribution in [2.75, 3.05) is 12.4 Å². The third kappa shape index (κ3) is 7.02. The molecule has 144 valence electrons. The van der Waals surface area contributed by atoms with Crippen LogP contribution in [0, 0.1) is 11.6 Å². The van der Waals surface area contributed by atoms with Gasteiger partial charge < -0.3 is 10.1 Å². The summed E-state index contributed by atoms with van der Waals surface area (Å²) in [6, 6.07) is 12.4. The molecule has 0 heterocycles. The van der Waals surface area contributed by atoms with Gasteiger partial charge in [0.2, 0.25) is 0 Å². The Morgan fingerprint density at radius 1 is 1.15 bits per heavy atom. The van der Waals surface area contributed by atoms with E-state index in [0.717, 1.165) is 48.4 Å². The van der Waals surface area contributed by atoms with Crippen molar-refractivity contribution < 1.29 is 23.1 Å². The first-order chi connectivity index (χ1) is 13.0. The average molecular weight is 393 g/mol. The van der Waals surface area contributed by atoms with Crippen molar-refractivity contribution in [3.05, 3.63) is 65.7 Å². The van der Waals surface area contributed by atoms with Crippen LogP contribution in [0.2, 0.25) is 0 Å². The smallest absolute Gasteiger partial charge is 0.316 e. The second-order valence-electron chi connectivity index (χ2n) is 5.84. The lowest BCUT2D eigenvalue weighted by Gasteiger charge is -2.18. The molecule has 2 rings (SSSR count). The molecule has 0 aliphatic carbocycles. The van der Waals surface area contributed by atoms with Crippen LogP contribution < -0.4 is 5.32 Å². The highest BCUT2D eigenvalue weighted by atomic mass is 32.2. The number of amides is 1. The van der Waals surface area contributed by atoms with Crippen LogP contribution in [0.1, 0.15) is 31.4 Å². The average Bonchev–Trinajstić information content (AvgIpc) is 2.67. The van der Waals surface area contributed by atoms with Crippen molar-refractivity contribution in [2.24, 2.45) is 0 Å². The Morgan fingerprint density at radius 2 is 1.89 bits per heavy atom. The molecule has 0 aliphatic heterocycles. The zero-order chi connectivity index (χ0) is 19.6. The molecule has 0 aromatic heterocycles. The van der Waals surface area contributed by atoms with Crippen LogP contribution in [0.15, 0.2) is 53.4 Å². The fraction of sp³-hybridized carbons (Fsp3) is 0.300. The van der Waals surface area contributed by atoms with E-state index >= 15 is 0 Å². The fourth-order valence-electron chi connectivity index (χ4n) is 2.44. The van der Waals surface area contributed by atoms with Crippen molar-refractivity contribution >= 4 is 23.6 Å². The van der Waals surface area contributed by atoms with Gasteiger partial charge in [-0.05, 0) is 30.2 Å². The van der Waals surface area contributed by atoms with E-state index in [1.54, 1.807) is 0 Å².